The van der Waals surface area contributed by atoms with E-state index >= 15 is 0 Å². The summed E-state index contributed by atoms with van der Waals surface area (Å²) in [7, 11) is 0. The fourth-order valence-corrected chi connectivity index (χ4v) is 2.15. The van der Waals surface area contributed by atoms with E-state index in [4.69, 9.17) is 10.3 Å². The molecule has 3 rings (SSSR count). The van der Waals surface area contributed by atoms with Gasteiger partial charge in [0.2, 0.25) is 5.88 Å². The second kappa shape index (κ2) is 5.09. The van der Waals surface area contributed by atoms with Gasteiger partial charge in [0.15, 0.2) is 0 Å². The predicted octanol–water partition coefficient (Wildman–Crippen LogP) is 2.68. The lowest BCUT2D eigenvalue weighted by molar-refractivity contribution is 0.0698. The number of benzene rings is 1. The molecule has 3 N–H and O–H groups in total. The molecular weight excluding hydrogens is 270 g/mol. The van der Waals surface area contributed by atoms with Crippen LogP contribution in [0.2, 0.25) is 0 Å². The van der Waals surface area contributed by atoms with E-state index in [9.17, 15) is 9.90 Å². The number of nitrogens with zero attached hydrogens (tertiary/aromatic N) is 2. The molecule has 0 atom stereocenters. The van der Waals surface area contributed by atoms with Gasteiger partial charge in [-0.25, -0.2) is 4.79 Å². The highest BCUT2D eigenvalue weighted by Crippen LogP contribution is 2.37. The molecule has 2 heterocycles. The summed E-state index contributed by atoms with van der Waals surface area (Å²) in [6.07, 6.45) is 3.25. The van der Waals surface area contributed by atoms with Gasteiger partial charge in [-0.3, -0.25) is 4.98 Å². The predicted molar refractivity (Wildman–Crippen MR) is 76.5 cm³/mol. The van der Waals surface area contributed by atoms with Crippen LogP contribution in [0.15, 0.2) is 53.3 Å². The number of hydrogen-bond donors (Lipinski definition) is 2. The molecule has 6 heteroatoms. The number of carboxylic acid groups (broad SMARTS) is 1. The van der Waals surface area contributed by atoms with Gasteiger partial charge in [0.05, 0.1) is 11.1 Å². The number of nitrogens with two attached hydrogens (primary N) is 1. The van der Waals surface area contributed by atoms with Crippen LogP contribution in [-0.2, 0) is 0 Å². The third-order valence-corrected chi connectivity index (χ3v) is 3.08. The van der Waals surface area contributed by atoms with Crippen molar-refractivity contribution in [2.75, 3.05) is 5.73 Å². The van der Waals surface area contributed by atoms with Gasteiger partial charge in [0.25, 0.3) is 0 Å². The second-order valence-electron chi connectivity index (χ2n) is 4.36. The molecule has 0 fully saturated rings. The molecule has 104 valence electrons. The third-order valence-electron chi connectivity index (χ3n) is 3.08. The minimum absolute atomic E-state index is 0.0718. The zero-order valence-electron chi connectivity index (χ0n) is 10.9. The molecule has 1 aromatic carbocycles. The van der Waals surface area contributed by atoms with E-state index in [1.54, 1.807) is 42.7 Å². The molecule has 0 aliphatic heterocycles. The van der Waals surface area contributed by atoms with Crippen LogP contribution < -0.4 is 5.73 Å². The molecule has 0 amide bonds. The maximum Gasteiger partial charge on any atom is 0.336 e. The van der Waals surface area contributed by atoms with Gasteiger partial charge in [0, 0.05) is 23.5 Å². The maximum absolute atomic E-state index is 11.4. The van der Waals surface area contributed by atoms with Crippen LogP contribution in [-0.4, -0.2) is 21.2 Å². The normalized spacial score (nSPS) is 10.5. The van der Waals surface area contributed by atoms with E-state index < -0.39 is 5.97 Å². The van der Waals surface area contributed by atoms with E-state index in [1.807, 2.05) is 0 Å². The lowest BCUT2D eigenvalue weighted by atomic mass is 9.97. The Kier molecular flexibility index (Phi) is 3.12. The van der Waals surface area contributed by atoms with Crippen molar-refractivity contribution in [2.24, 2.45) is 0 Å². The summed E-state index contributed by atoms with van der Waals surface area (Å²) in [6.45, 7) is 0. The van der Waals surface area contributed by atoms with E-state index in [0.29, 0.717) is 22.4 Å². The summed E-state index contributed by atoms with van der Waals surface area (Å²) in [5.74, 6) is -0.967. The molecule has 3 aromatic rings. The number of carboxylic acids is 1. The molecule has 0 radical (unpaired) electrons. The average molecular weight is 281 g/mol. The Morgan fingerprint density at radius 1 is 1.19 bits per heavy atom. The van der Waals surface area contributed by atoms with Crippen molar-refractivity contribution in [2.45, 2.75) is 0 Å². The number of rotatable bonds is 3. The number of pyridine rings is 1. The lowest BCUT2D eigenvalue weighted by Crippen LogP contribution is -2.00. The molecule has 21 heavy (non-hydrogen) atoms. The summed E-state index contributed by atoms with van der Waals surface area (Å²) in [5, 5.41) is 13.2. The summed E-state index contributed by atoms with van der Waals surface area (Å²) >= 11 is 0. The first-order chi connectivity index (χ1) is 10.2. The van der Waals surface area contributed by atoms with Gasteiger partial charge in [-0.1, -0.05) is 23.4 Å². The minimum atomic E-state index is -1.04. The van der Waals surface area contributed by atoms with Crippen LogP contribution in [0.4, 0.5) is 5.88 Å². The van der Waals surface area contributed by atoms with Crippen LogP contribution in [0.25, 0.3) is 22.4 Å². The highest BCUT2D eigenvalue weighted by atomic mass is 16.5. The van der Waals surface area contributed by atoms with Gasteiger partial charge in [-0.2, -0.15) is 0 Å². The summed E-state index contributed by atoms with van der Waals surface area (Å²) in [5.41, 5.74) is 8.06. The van der Waals surface area contributed by atoms with Crippen molar-refractivity contribution >= 4 is 11.9 Å². The summed E-state index contributed by atoms with van der Waals surface area (Å²) in [6, 6.07) is 10.1. The Hall–Kier alpha value is -3.15. The molecular formula is C15H11N3O3. The fraction of sp³-hybridized carbons (Fsp3) is 0. The molecule has 0 saturated carbocycles. The zero-order chi connectivity index (χ0) is 14.8. The van der Waals surface area contributed by atoms with Crippen molar-refractivity contribution in [1.82, 2.24) is 10.1 Å². The smallest absolute Gasteiger partial charge is 0.336 e. The SMILES string of the molecule is Nc1onc(-c2cccnc2)c1-c1ccccc1C(=O)O. The Bertz CT molecular complexity index is 797. The van der Waals surface area contributed by atoms with E-state index in [1.165, 1.54) is 6.07 Å². The van der Waals surface area contributed by atoms with Crippen molar-refractivity contribution in [1.29, 1.82) is 0 Å². The Balaban J connectivity index is 2.25. The van der Waals surface area contributed by atoms with E-state index in [0.717, 1.165) is 0 Å². The molecule has 0 unspecified atom stereocenters. The maximum atomic E-state index is 11.4. The standard InChI is InChI=1S/C15H11N3O3/c16-14-12(10-5-1-2-6-11(10)15(19)20)13(18-21-14)9-4-3-7-17-8-9/h1-8H,16H2,(H,19,20). The highest BCUT2D eigenvalue weighted by molar-refractivity contribution is 6.00. The number of aromatic nitrogens is 2. The molecule has 0 aliphatic carbocycles. The first-order valence-corrected chi connectivity index (χ1v) is 6.16. The number of aromatic carboxylic acids is 1. The Morgan fingerprint density at radius 3 is 2.71 bits per heavy atom. The van der Waals surface area contributed by atoms with Crippen LogP contribution >= 0.6 is 0 Å². The number of anilines is 1. The van der Waals surface area contributed by atoms with Crippen LogP contribution in [0, 0.1) is 0 Å². The second-order valence-corrected chi connectivity index (χ2v) is 4.36. The molecule has 2 aromatic heterocycles. The minimum Gasteiger partial charge on any atom is -0.478 e. The van der Waals surface area contributed by atoms with Crippen molar-refractivity contribution in [3.63, 3.8) is 0 Å². The zero-order valence-corrected chi connectivity index (χ0v) is 10.9. The number of carbonyl (C=O) groups is 1. The molecule has 0 aliphatic rings. The number of nitrogen functional groups attached to an aromatic ring is 1. The van der Waals surface area contributed by atoms with Crippen LogP contribution in [0.1, 0.15) is 10.4 Å². The summed E-state index contributed by atoms with van der Waals surface area (Å²) < 4.78 is 5.05. The monoisotopic (exact) mass is 281 g/mol. The van der Waals surface area contributed by atoms with Crippen molar-refractivity contribution in [3.05, 3.63) is 54.4 Å². The van der Waals surface area contributed by atoms with Crippen molar-refractivity contribution in [3.8, 4) is 22.4 Å². The average Bonchev–Trinajstić information content (AvgIpc) is 2.89. The highest BCUT2D eigenvalue weighted by Gasteiger charge is 2.21. The third kappa shape index (κ3) is 2.23. The largest absolute Gasteiger partial charge is 0.478 e. The van der Waals surface area contributed by atoms with E-state index in [2.05, 4.69) is 10.1 Å². The van der Waals surface area contributed by atoms with Crippen LogP contribution in [0.5, 0.6) is 0 Å². The Labute approximate surface area is 119 Å². The van der Waals surface area contributed by atoms with Gasteiger partial charge in [0.1, 0.15) is 5.69 Å². The molecule has 0 bridgehead atoms. The first kappa shape index (κ1) is 12.9. The van der Waals surface area contributed by atoms with Gasteiger partial charge >= 0.3 is 5.97 Å². The fourth-order valence-electron chi connectivity index (χ4n) is 2.15. The van der Waals surface area contributed by atoms with E-state index in [-0.39, 0.29) is 11.4 Å². The van der Waals surface area contributed by atoms with Gasteiger partial charge in [-0.05, 0) is 18.2 Å². The molecule has 0 spiro atoms. The van der Waals surface area contributed by atoms with Crippen LogP contribution in [0.3, 0.4) is 0 Å². The quantitative estimate of drug-likeness (QED) is 0.765. The topological polar surface area (TPSA) is 102 Å². The number of hydrogen-bond acceptors (Lipinski definition) is 5. The van der Waals surface area contributed by atoms with Crippen molar-refractivity contribution < 1.29 is 14.4 Å². The first-order valence-electron chi connectivity index (χ1n) is 6.16. The Morgan fingerprint density at radius 2 is 2.00 bits per heavy atom. The molecule has 6 nitrogen and oxygen atoms in total. The molecule has 0 saturated heterocycles. The van der Waals surface area contributed by atoms with Gasteiger partial charge in [-0.15, -0.1) is 0 Å². The van der Waals surface area contributed by atoms with Gasteiger partial charge < -0.3 is 15.4 Å². The summed E-state index contributed by atoms with van der Waals surface area (Å²) in [4.78, 5) is 15.4. The lowest BCUT2D eigenvalue weighted by Gasteiger charge is -2.06.